The van der Waals surface area contributed by atoms with Crippen LogP contribution in [0.4, 0.5) is 0 Å². The zero-order valence-electron chi connectivity index (χ0n) is 14.5. The second-order valence-corrected chi connectivity index (χ2v) is 6.07. The number of unbranched alkanes of at least 4 members (excludes halogenated alkanes) is 6. The van der Waals surface area contributed by atoms with E-state index in [-0.39, 0.29) is 6.42 Å². The molecule has 0 aliphatic carbocycles. The van der Waals surface area contributed by atoms with Gasteiger partial charge < -0.3 is 25.5 Å². The van der Waals surface area contributed by atoms with Crippen LogP contribution in [0.1, 0.15) is 71.1 Å². The van der Waals surface area contributed by atoms with Crippen molar-refractivity contribution in [1.29, 1.82) is 0 Å². The van der Waals surface area contributed by atoms with E-state index in [4.69, 9.17) is 15.3 Å². The van der Waals surface area contributed by atoms with Gasteiger partial charge >= 0.3 is 11.8 Å². The predicted octanol–water partition coefficient (Wildman–Crippen LogP) is 2.47. The molecular weight excluding hydrogens is 312 g/mol. The summed E-state index contributed by atoms with van der Waals surface area (Å²) in [6.07, 6.45) is 16.4. The molecule has 140 valence electrons. The van der Waals surface area contributed by atoms with Gasteiger partial charge in [-0.15, -0.1) is 0 Å². The van der Waals surface area contributed by atoms with Gasteiger partial charge in [-0.3, -0.25) is 0 Å². The Morgan fingerprint density at radius 2 is 1.38 bits per heavy atom. The van der Waals surface area contributed by atoms with Crippen molar-refractivity contribution in [3.8, 4) is 0 Å². The summed E-state index contributed by atoms with van der Waals surface area (Å²) in [7, 11) is 0. The molecule has 0 aliphatic heterocycles. The highest BCUT2D eigenvalue weighted by Gasteiger charge is 2.53. The molecule has 0 saturated carbocycles. The SMILES string of the molecule is CCCCCC=CCC=CCCCCCC(O)(O)C(O)(O)C(=O)O. The normalized spacial score (nSPS) is 13.2. The Kier molecular flexibility index (Phi) is 11.6. The van der Waals surface area contributed by atoms with Crippen LogP contribution in [0.15, 0.2) is 24.3 Å². The number of hydrogen-bond acceptors (Lipinski definition) is 5. The van der Waals surface area contributed by atoms with Crippen LogP contribution in [0.3, 0.4) is 0 Å². The zero-order valence-corrected chi connectivity index (χ0v) is 14.5. The van der Waals surface area contributed by atoms with E-state index in [1.807, 2.05) is 0 Å². The topological polar surface area (TPSA) is 118 Å². The summed E-state index contributed by atoms with van der Waals surface area (Å²) in [5.74, 6) is -8.70. The highest BCUT2D eigenvalue weighted by Crippen LogP contribution is 2.24. The van der Waals surface area contributed by atoms with Crippen molar-refractivity contribution in [3.63, 3.8) is 0 Å². The Hall–Kier alpha value is -1.21. The van der Waals surface area contributed by atoms with Crippen molar-refractivity contribution in [2.75, 3.05) is 0 Å². The number of carbonyl (C=O) groups is 1. The molecule has 0 fully saturated rings. The lowest BCUT2D eigenvalue weighted by molar-refractivity contribution is -0.346. The van der Waals surface area contributed by atoms with Crippen LogP contribution in [0, 0.1) is 0 Å². The first-order valence-electron chi connectivity index (χ1n) is 8.68. The third-order valence-electron chi connectivity index (χ3n) is 3.83. The van der Waals surface area contributed by atoms with Crippen molar-refractivity contribution < 1.29 is 30.3 Å². The lowest BCUT2D eigenvalue weighted by Gasteiger charge is -2.31. The van der Waals surface area contributed by atoms with Crippen molar-refractivity contribution in [3.05, 3.63) is 24.3 Å². The molecule has 0 rings (SSSR count). The fourth-order valence-electron chi connectivity index (χ4n) is 2.17. The summed E-state index contributed by atoms with van der Waals surface area (Å²) in [5, 5.41) is 45.7. The van der Waals surface area contributed by atoms with Crippen LogP contribution in [0.2, 0.25) is 0 Å². The molecule has 0 radical (unpaired) electrons. The van der Waals surface area contributed by atoms with E-state index in [0.29, 0.717) is 6.42 Å². The monoisotopic (exact) mass is 344 g/mol. The van der Waals surface area contributed by atoms with E-state index < -0.39 is 24.0 Å². The Balaban J connectivity index is 3.73. The third-order valence-corrected chi connectivity index (χ3v) is 3.83. The van der Waals surface area contributed by atoms with Gasteiger partial charge in [-0.2, -0.15) is 0 Å². The van der Waals surface area contributed by atoms with Gasteiger partial charge in [-0.1, -0.05) is 50.5 Å². The van der Waals surface area contributed by atoms with Gasteiger partial charge in [-0.05, 0) is 38.5 Å². The predicted molar refractivity (Wildman–Crippen MR) is 92.1 cm³/mol. The average Bonchev–Trinajstić information content (AvgIpc) is 2.51. The van der Waals surface area contributed by atoms with Crippen LogP contribution in [-0.4, -0.2) is 43.1 Å². The molecule has 0 aromatic rings. The van der Waals surface area contributed by atoms with Gasteiger partial charge in [0.25, 0.3) is 0 Å². The first-order chi connectivity index (χ1) is 11.3. The molecule has 0 atom stereocenters. The molecule has 0 aliphatic rings. The largest absolute Gasteiger partial charge is 0.477 e. The number of hydrogen-bond donors (Lipinski definition) is 5. The van der Waals surface area contributed by atoms with Crippen molar-refractivity contribution in [1.82, 2.24) is 0 Å². The number of aliphatic hydroxyl groups is 4. The Bertz CT molecular complexity index is 398. The number of allylic oxidation sites excluding steroid dienone is 4. The highest BCUT2D eigenvalue weighted by atomic mass is 16.6. The minimum atomic E-state index is -3.56. The smallest absolute Gasteiger partial charge is 0.370 e. The van der Waals surface area contributed by atoms with Gasteiger partial charge in [0.2, 0.25) is 5.79 Å². The van der Waals surface area contributed by atoms with Gasteiger partial charge in [0, 0.05) is 6.42 Å². The Morgan fingerprint density at radius 1 is 0.833 bits per heavy atom. The average molecular weight is 344 g/mol. The molecule has 0 unspecified atom stereocenters. The Labute approximate surface area is 144 Å². The summed E-state index contributed by atoms with van der Waals surface area (Å²) >= 11 is 0. The molecule has 0 heterocycles. The van der Waals surface area contributed by atoms with E-state index in [1.165, 1.54) is 19.3 Å². The molecule has 0 spiro atoms. The van der Waals surface area contributed by atoms with Crippen LogP contribution < -0.4 is 0 Å². The molecule has 0 saturated heterocycles. The maximum atomic E-state index is 10.6. The first-order valence-corrected chi connectivity index (χ1v) is 8.68. The minimum absolute atomic E-state index is 0.286. The maximum absolute atomic E-state index is 10.6. The molecule has 6 heteroatoms. The van der Waals surface area contributed by atoms with Crippen LogP contribution in [0.5, 0.6) is 0 Å². The van der Waals surface area contributed by atoms with Gasteiger partial charge in [0.15, 0.2) is 0 Å². The van der Waals surface area contributed by atoms with Crippen molar-refractivity contribution in [2.24, 2.45) is 0 Å². The lowest BCUT2D eigenvalue weighted by Crippen LogP contribution is -2.59. The van der Waals surface area contributed by atoms with Crippen LogP contribution in [-0.2, 0) is 4.79 Å². The number of carboxylic acid groups (broad SMARTS) is 1. The van der Waals surface area contributed by atoms with E-state index in [2.05, 4.69) is 31.2 Å². The molecule has 0 aromatic carbocycles. The summed E-state index contributed by atoms with van der Waals surface area (Å²) in [6.45, 7) is 2.18. The number of aliphatic carboxylic acids is 1. The summed E-state index contributed by atoms with van der Waals surface area (Å²) in [5.41, 5.74) is 0. The van der Waals surface area contributed by atoms with Crippen LogP contribution in [0.25, 0.3) is 0 Å². The van der Waals surface area contributed by atoms with Gasteiger partial charge in [-0.25, -0.2) is 4.79 Å². The van der Waals surface area contributed by atoms with Crippen LogP contribution >= 0.6 is 0 Å². The number of carboxylic acids is 1. The second-order valence-electron chi connectivity index (χ2n) is 6.07. The van der Waals surface area contributed by atoms with E-state index in [1.54, 1.807) is 0 Å². The lowest BCUT2D eigenvalue weighted by atomic mass is 9.98. The molecule has 0 bridgehead atoms. The van der Waals surface area contributed by atoms with E-state index in [0.717, 1.165) is 25.7 Å². The van der Waals surface area contributed by atoms with Gasteiger partial charge in [0.1, 0.15) is 0 Å². The number of rotatable bonds is 14. The minimum Gasteiger partial charge on any atom is -0.477 e. The summed E-state index contributed by atoms with van der Waals surface area (Å²) in [4.78, 5) is 10.6. The van der Waals surface area contributed by atoms with E-state index >= 15 is 0 Å². The molecular formula is C18H32O6. The molecule has 0 aromatic heterocycles. The highest BCUT2D eigenvalue weighted by molar-refractivity contribution is 5.76. The molecule has 24 heavy (non-hydrogen) atoms. The second kappa shape index (κ2) is 12.2. The molecule has 0 amide bonds. The van der Waals surface area contributed by atoms with Crippen molar-refractivity contribution >= 4 is 5.97 Å². The summed E-state index contributed by atoms with van der Waals surface area (Å²) < 4.78 is 0. The molecule has 5 N–H and O–H groups in total. The first kappa shape index (κ1) is 22.8. The zero-order chi connectivity index (χ0) is 18.5. The van der Waals surface area contributed by atoms with Gasteiger partial charge in [0.05, 0.1) is 0 Å². The molecule has 6 nitrogen and oxygen atoms in total. The quantitative estimate of drug-likeness (QED) is 0.188. The summed E-state index contributed by atoms with van der Waals surface area (Å²) in [6, 6.07) is 0. The Morgan fingerprint density at radius 3 is 1.88 bits per heavy atom. The maximum Gasteiger partial charge on any atom is 0.370 e. The van der Waals surface area contributed by atoms with E-state index in [9.17, 15) is 15.0 Å². The fraction of sp³-hybridized carbons (Fsp3) is 0.722. The third kappa shape index (κ3) is 9.17. The fourth-order valence-corrected chi connectivity index (χ4v) is 2.17. The van der Waals surface area contributed by atoms with Crippen molar-refractivity contribution in [2.45, 2.75) is 82.7 Å². The standard InChI is InChI=1S/C18H32O6/c1-2-3-4-5-6-7-8-9-10-11-12-13-14-15-17(21,22)18(23,24)16(19)20/h6-7,9-10,21-24H,2-5,8,11-15H2,1H3,(H,19,20).